The number of hydrogen-bond acceptors (Lipinski definition) is 6. The van der Waals surface area contributed by atoms with E-state index in [-0.39, 0.29) is 0 Å². The van der Waals surface area contributed by atoms with Crippen LogP contribution in [0.4, 0.5) is 19.0 Å². The largest absolute Gasteiger partial charge is 0.419 e. The first-order valence-corrected chi connectivity index (χ1v) is 9.58. The second-order valence-corrected chi connectivity index (χ2v) is 7.41. The summed E-state index contributed by atoms with van der Waals surface area (Å²) in [4.78, 5) is 10.5. The van der Waals surface area contributed by atoms with Crippen molar-refractivity contribution in [2.45, 2.75) is 25.6 Å². The zero-order valence-electron chi connectivity index (χ0n) is 15.9. The fourth-order valence-electron chi connectivity index (χ4n) is 3.90. The molecule has 0 bridgehead atoms. The van der Waals surface area contributed by atoms with Crippen LogP contribution in [0.2, 0.25) is 0 Å². The summed E-state index contributed by atoms with van der Waals surface area (Å²) in [7, 11) is 0. The summed E-state index contributed by atoms with van der Waals surface area (Å²) in [6.07, 6.45) is 0.741. The van der Waals surface area contributed by atoms with Gasteiger partial charge in [0, 0.05) is 11.8 Å². The van der Waals surface area contributed by atoms with Crippen molar-refractivity contribution in [2.24, 2.45) is 0 Å². The second-order valence-electron chi connectivity index (χ2n) is 7.41. The molecule has 5 rings (SSSR count). The highest BCUT2D eigenvalue weighted by Gasteiger charge is 2.34. The highest BCUT2D eigenvalue weighted by Crippen LogP contribution is 2.35. The zero-order chi connectivity index (χ0) is 20.9. The Morgan fingerprint density at radius 1 is 0.967 bits per heavy atom. The Morgan fingerprint density at radius 2 is 1.77 bits per heavy atom. The molecule has 4 aromatic rings. The molecule has 0 atom stereocenters. The number of nitrogens with zero attached hydrogens (tertiary/aromatic N) is 6. The predicted octanol–water partition coefficient (Wildman–Crippen LogP) is 3.54. The van der Waals surface area contributed by atoms with Gasteiger partial charge < -0.3 is 5.73 Å². The van der Waals surface area contributed by atoms with Crippen molar-refractivity contribution >= 4 is 22.5 Å². The van der Waals surface area contributed by atoms with Gasteiger partial charge in [0.05, 0.1) is 29.3 Å². The van der Waals surface area contributed by atoms with Gasteiger partial charge >= 0.3 is 6.18 Å². The van der Waals surface area contributed by atoms with Crippen LogP contribution in [0.15, 0.2) is 36.7 Å². The molecule has 0 amide bonds. The van der Waals surface area contributed by atoms with Crippen molar-refractivity contribution in [3.05, 3.63) is 48.0 Å². The molecule has 30 heavy (non-hydrogen) atoms. The number of rotatable bonds is 3. The van der Waals surface area contributed by atoms with Crippen LogP contribution in [-0.4, -0.2) is 42.6 Å². The molecular formula is C20H18F3N7. The van der Waals surface area contributed by atoms with E-state index in [1.165, 1.54) is 6.20 Å². The molecule has 4 heterocycles. The van der Waals surface area contributed by atoms with Crippen LogP contribution in [-0.2, 0) is 12.7 Å². The second kappa shape index (κ2) is 6.91. The molecular weight excluding hydrogens is 395 g/mol. The van der Waals surface area contributed by atoms with Gasteiger partial charge in [-0.15, -0.1) is 10.2 Å². The Morgan fingerprint density at radius 3 is 2.53 bits per heavy atom. The van der Waals surface area contributed by atoms with Crippen LogP contribution >= 0.6 is 0 Å². The fraction of sp³-hybridized carbons (Fsp3) is 0.300. The number of halogens is 3. The monoisotopic (exact) mass is 413 g/mol. The van der Waals surface area contributed by atoms with E-state index in [0.29, 0.717) is 28.8 Å². The minimum Gasteiger partial charge on any atom is -0.383 e. The summed E-state index contributed by atoms with van der Waals surface area (Å²) in [5.74, 6) is 0.241. The summed E-state index contributed by atoms with van der Waals surface area (Å²) in [6.45, 7) is 2.69. The first-order valence-electron chi connectivity index (χ1n) is 9.58. The van der Waals surface area contributed by atoms with Gasteiger partial charge in [0.1, 0.15) is 5.82 Å². The third-order valence-corrected chi connectivity index (χ3v) is 5.41. The number of anilines is 1. The molecule has 0 aliphatic carbocycles. The van der Waals surface area contributed by atoms with Gasteiger partial charge in [0.15, 0.2) is 11.5 Å². The highest BCUT2D eigenvalue weighted by molar-refractivity contribution is 5.83. The van der Waals surface area contributed by atoms with Crippen molar-refractivity contribution in [3.63, 3.8) is 0 Å². The van der Waals surface area contributed by atoms with E-state index in [4.69, 9.17) is 5.73 Å². The normalized spacial score (nSPS) is 15.4. The van der Waals surface area contributed by atoms with Gasteiger partial charge in [-0.25, -0.2) is 4.98 Å². The van der Waals surface area contributed by atoms with Crippen LogP contribution in [0.5, 0.6) is 0 Å². The SMILES string of the molecule is Nc1ncc(-c2ccc3ncc4nnc(CN5CCCC5)n4c3c2)cc1C(F)(F)F. The topological polar surface area (TPSA) is 85.2 Å². The maximum Gasteiger partial charge on any atom is 0.419 e. The van der Waals surface area contributed by atoms with Crippen molar-refractivity contribution < 1.29 is 13.2 Å². The van der Waals surface area contributed by atoms with E-state index >= 15 is 0 Å². The molecule has 10 heteroatoms. The van der Waals surface area contributed by atoms with E-state index in [0.717, 1.165) is 43.3 Å². The lowest BCUT2D eigenvalue weighted by Crippen LogP contribution is -2.20. The number of likely N-dealkylation sites (tertiary alicyclic amines) is 1. The lowest BCUT2D eigenvalue weighted by Gasteiger charge is -2.14. The Hall–Kier alpha value is -3.27. The van der Waals surface area contributed by atoms with Gasteiger partial charge in [0.25, 0.3) is 0 Å². The number of nitrogens with two attached hydrogens (primary N) is 1. The maximum absolute atomic E-state index is 13.3. The van der Waals surface area contributed by atoms with Crippen LogP contribution in [0.3, 0.4) is 0 Å². The molecule has 1 saturated heterocycles. The lowest BCUT2D eigenvalue weighted by molar-refractivity contribution is -0.137. The number of pyridine rings is 1. The molecule has 1 fully saturated rings. The Bertz CT molecular complexity index is 1240. The van der Waals surface area contributed by atoms with E-state index < -0.39 is 17.6 Å². The molecule has 0 spiro atoms. The van der Waals surface area contributed by atoms with Gasteiger partial charge in [-0.3, -0.25) is 14.3 Å². The summed E-state index contributed by atoms with van der Waals surface area (Å²) < 4.78 is 41.7. The number of benzene rings is 1. The fourth-order valence-corrected chi connectivity index (χ4v) is 3.90. The maximum atomic E-state index is 13.3. The Kier molecular flexibility index (Phi) is 4.31. The molecule has 0 radical (unpaired) electrons. The first-order chi connectivity index (χ1) is 14.4. The number of aromatic nitrogens is 5. The molecule has 1 aromatic carbocycles. The average Bonchev–Trinajstić information content (AvgIpc) is 3.37. The molecule has 154 valence electrons. The summed E-state index contributed by atoms with van der Waals surface area (Å²) >= 11 is 0. The minimum atomic E-state index is -4.57. The van der Waals surface area contributed by atoms with E-state index in [9.17, 15) is 13.2 Å². The lowest BCUT2D eigenvalue weighted by atomic mass is 10.0. The van der Waals surface area contributed by atoms with Crippen LogP contribution in [0, 0.1) is 0 Å². The summed E-state index contributed by atoms with van der Waals surface area (Å²) in [5, 5.41) is 8.54. The minimum absolute atomic E-state index is 0.324. The third-order valence-electron chi connectivity index (χ3n) is 5.41. The van der Waals surface area contributed by atoms with Gasteiger partial charge in [-0.1, -0.05) is 6.07 Å². The van der Waals surface area contributed by atoms with Gasteiger partial charge in [0.2, 0.25) is 0 Å². The van der Waals surface area contributed by atoms with Crippen LogP contribution in [0.25, 0.3) is 27.8 Å². The Labute approximate surface area is 169 Å². The van der Waals surface area contributed by atoms with Crippen molar-refractivity contribution in [2.75, 3.05) is 18.8 Å². The number of hydrogen-bond donors (Lipinski definition) is 1. The van der Waals surface area contributed by atoms with Crippen molar-refractivity contribution in [1.82, 2.24) is 29.5 Å². The quantitative estimate of drug-likeness (QED) is 0.553. The molecule has 0 saturated carbocycles. The average molecular weight is 413 g/mol. The number of nitrogen functional groups attached to an aromatic ring is 1. The van der Waals surface area contributed by atoms with E-state index in [1.807, 2.05) is 4.40 Å². The number of alkyl halides is 3. The predicted molar refractivity (Wildman–Crippen MR) is 105 cm³/mol. The smallest absolute Gasteiger partial charge is 0.383 e. The van der Waals surface area contributed by atoms with Crippen LogP contribution in [0.1, 0.15) is 24.2 Å². The van der Waals surface area contributed by atoms with Crippen molar-refractivity contribution in [1.29, 1.82) is 0 Å². The van der Waals surface area contributed by atoms with E-state index in [1.54, 1.807) is 24.4 Å². The molecule has 3 aromatic heterocycles. The highest BCUT2D eigenvalue weighted by atomic mass is 19.4. The summed E-state index contributed by atoms with van der Waals surface area (Å²) in [5.41, 5.74) is 7.42. The van der Waals surface area contributed by atoms with Gasteiger partial charge in [-0.05, 0) is 49.7 Å². The molecule has 1 aliphatic heterocycles. The van der Waals surface area contributed by atoms with E-state index in [2.05, 4.69) is 25.1 Å². The molecule has 1 aliphatic rings. The summed E-state index contributed by atoms with van der Waals surface area (Å²) in [6, 6.07) is 6.31. The third kappa shape index (κ3) is 3.22. The van der Waals surface area contributed by atoms with Gasteiger partial charge in [-0.2, -0.15) is 13.2 Å². The molecule has 0 unspecified atom stereocenters. The number of fused-ring (bicyclic) bond motifs is 3. The molecule has 7 nitrogen and oxygen atoms in total. The van der Waals surface area contributed by atoms with Crippen molar-refractivity contribution in [3.8, 4) is 11.1 Å². The zero-order valence-corrected chi connectivity index (χ0v) is 15.9. The standard InChI is InChI=1S/C20H18F3N7/c21-20(22,23)14-7-13(9-26-19(14)24)12-3-4-15-16(8-12)30-17(10-25-15)27-28-18(30)11-29-5-1-2-6-29/h3-4,7-10H,1-2,5-6,11H2,(H2,24,26). The Balaban J connectivity index is 1.64. The first kappa shape index (κ1) is 18.7. The van der Waals surface area contributed by atoms with Crippen LogP contribution < -0.4 is 5.73 Å². The molecule has 2 N–H and O–H groups in total.